The Morgan fingerprint density at radius 1 is 0.769 bits per heavy atom. The third kappa shape index (κ3) is 7.94. The maximum absolute atomic E-state index is 15.2. The predicted molar refractivity (Wildman–Crippen MR) is 194 cm³/mol. The SMILES string of the molecule is COc1ccc(CN(Cc2ccc(OC)cc2)S(=O)(=O)c2c(S(=O)O)ccc(-c3ccc(N)nc3)c2-c2nnn(Cc3ccc(OC)cc3)n2)cc1. The van der Waals surface area contributed by atoms with E-state index in [-0.39, 0.29) is 41.7 Å². The lowest BCUT2D eigenvalue weighted by molar-refractivity contribution is 0.396. The Morgan fingerprint density at radius 3 is 1.79 bits per heavy atom. The zero-order valence-corrected chi connectivity index (χ0v) is 30.0. The van der Waals surface area contributed by atoms with Gasteiger partial charge in [0.15, 0.2) is 11.1 Å². The Bertz CT molecular complexity index is 2230. The van der Waals surface area contributed by atoms with Gasteiger partial charge in [-0.25, -0.2) is 17.6 Å². The van der Waals surface area contributed by atoms with Crippen molar-refractivity contribution in [3.05, 3.63) is 120 Å². The highest BCUT2D eigenvalue weighted by atomic mass is 32.2. The number of nitrogen functional groups attached to an aromatic ring is 1. The summed E-state index contributed by atoms with van der Waals surface area (Å²) >= 11 is -2.75. The van der Waals surface area contributed by atoms with Gasteiger partial charge in [0.1, 0.15) is 28.0 Å². The van der Waals surface area contributed by atoms with Crippen LogP contribution in [0.3, 0.4) is 0 Å². The number of anilines is 1. The highest BCUT2D eigenvalue weighted by Gasteiger charge is 2.35. The molecule has 0 amide bonds. The lowest BCUT2D eigenvalue weighted by atomic mass is 10.0. The van der Waals surface area contributed by atoms with Crippen LogP contribution >= 0.6 is 0 Å². The van der Waals surface area contributed by atoms with Gasteiger partial charge >= 0.3 is 0 Å². The van der Waals surface area contributed by atoms with Crippen molar-refractivity contribution in [2.45, 2.75) is 29.4 Å². The van der Waals surface area contributed by atoms with Crippen LogP contribution in [0.1, 0.15) is 16.7 Å². The largest absolute Gasteiger partial charge is 0.497 e. The fourth-order valence-corrected chi connectivity index (χ4v) is 8.17. The molecular weight excluding hydrogens is 707 g/mol. The number of nitrogens with zero attached hydrogens (tertiary/aromatic N) is 6. The van der Waals surface area contributed by atoms with Crippen LogP contribution in [0, 0.1) is 0 Å². The van der Waals surface area contributed by atoms with Crippen molar-refractivity contribution < 1.29 is 31.4 Å². The first kappa shape index (κ1) is 36.1. The minimum absolute atomic E-state index is 0.0260. The van der Waals surface area contributed by atoms with Crippen LogP contribution in [0.25, 0.3) is 22.5 Å². The molecular formula is C36H35N7O7S2. The fraction of sp³-hybridized carbons (Fsp3) is 0.167. The number of methoxy groups -OCH3 is 3. The van der Waals surface area contributed by atoms with Crippen molar-refractivity contribution in [1.29, 1.82) is 0 Å². The smallest absolute Gasteiger partial charge is 0.245 e. The van der Waals surface area contributed by atoms with E-state index >= 15 is 8.42 Å². The van der Waals surface area contributed by atoms with E-state index in [1.807, 2.05) is 12.1 Å². The van der Waals surface area contributed by atoms with Crippen molar-refractivity contribution in [2.24, 2.45) is 0 Å². The van der Waals surface area contributed by atoms with Crippen LogP contribution in [0.4, 0.5) is 5.82 Å². The lowest BCUT2D eigenvalue weighted by Gasteiger charge is -2.25. The molecule has 3 N–H and O–H groups in total. The van der Waals surface area contributed by atoms with Crippen molar-refractivity contribution in [3.8, 4) is 39.8 Å². The lowest BCUT2D eigenvalue weighted by Crippen LogP contribution is -2.31. The van der Waals surface area contributed by atoms with Crippen molar-refractivity contribution in [3.63, 3.8) is 0 Å². The summed E-state index contributed by atoms with van der Waals surface area (Å²) in [5.74, 6) is 2.04. The first-order valence-corrected chi connectivity index (χ1v) is 18.3. The molecule has 14 nitrogen and oxygen atoms in total. The maximum Gasteiger partial charge on any atom is 0.245 e. The summed E-state index contributed by atoms with van der Waals surface area (Å²) in [5.41, 5.74) is 8.79. The standard InChI is InChI=1S/C36H35N7O7S2/c1-48-28-11-4-24(5-12-28)21-42(22-25-6-13-29(49-2)14-7-25)52(46,47)35-32(51(44)45)18-17-31(27-10-19-33(37)38-20-27)34(35)36-39-41-43(40-36)23-26-8-15-30(50-3)16-9-26/h4-20H,21-23H2,1-3H3,(H2,37,38)(H,44,45). The molecule has 0 fully saturated rings. The molecule has 268 valence electrons. The first-order chi connectivity index (χ1) is 25.1. The number of hydrogen-bond donors (Lipinski definition) is 2. The molecule has 0 spiro atoms. The molecule has 1 unspecified atom stereocenters. The second-order valence-corrected chi connectivity index (χ2v) is 14.3. The first-order valence-electron chi connectivity index (χ1n) is 15.8. The number of benzene rings is 4. The van der Waals surface area contributed by atoms with Crippen molar-refractivity contribution >= 4 is 26.9 Å². The minimum Gasteiger partial charge on any atom is -0.497 e. The van der Waals surface area contributed by atoms with Crippen LogP contribution in [0.15, 0.2) is 113 Å². The number of ether oxygens (including phenoxy) is 3. The van der Waals surface area contributed by atoms with Gasteiger partial charge in [0.05, 0.1) is 38.3 Å². The van der Waals surface area contributed by atoms with Crippen LogP contribution < -0.4 is 19.9 Å². The summed E-state index contributed by atoms with van der Waals surface area (Å²) in [7, 11) is 0.0146. The van der Waals surface area contributed by atoms with E-state index in [1.165, 1.54) is 41.7 Å². The minimum atomic E-state index is -4.64. The van der Waals surface area contributed by atoms with Gasteiger partial charge in [-0.3, -0.25) is 0 Å². The third-order valence-corrected chi connectivity index (χ3v) is 10.9. The van der Waals surface area contributed by atoms with E-state index in [1.54, 1.807) is 79.9 Å². The zero-order valence-electron chi connectivity index (χ0n) is 28.4. The number of aromatic nitrogens is 5. The molecule has 6 rings (SSSR count). The Balaban J connectivity index is 1.54. The molecule has 0 aliphatic heterocycles. The quantitative estimate of drug-likeness (QED) is 0.142. The summed E-state index contributed by atoms with van der Waals surface area (Å²) in [6.07, 6.45) is 1.48. The predicted octanol–water partition coefficient (Wildman–Crippen LogP) is 5.03. The fourth-order valence-electron chi connectivity index (χ4n) is 5.51. The molecule has 0 radical (unpaired) electrons. The van der Waals surface area contributed by atoms with Crippen LogP contribution in [0.5, 0.6) is 17.2 Å². The van der Waals surface area contributed by atoms with E-state index in [0.29, 0.717) is 39.5 Å². The van der Waals surface area contributed by atoms with Crippen LogP contribution in [-0.4, -0.2) is 68.0 Å². The summed E-state index contributed by atoms with van der Waals surface area (Å²) in [6.45, 7) is 0.00556. The number of rotatable bonds is 14. The van der Waals surface area contributed by atoms with E-state index in [0.717, 1.165) is 5.56 Å². The number of tetrazole rings is 1. The normalized spacial score (nSPS) is 12.1. The molecule has 6 aromatic rings. The highest BCUT2D eigenvalue weighted by Crippen LogP contribution is 2.40. The highest BCUT2D eigenvalue weighted by molar-refractivity contribution is 7.90. The zero-order chi connectivity index (χ0) is 36.8. The van der Waals surface area contributed by atoms with Gasteiger partial charge in [-0.15, -0.1) is 10.2 Å². The maximum atomic E-state index is 15.2. The number of nitrogens with two attached hydrogens (primary N) is 1. The van der Waals surface area contributed by atoms with Crippen molar-refractivity contribution in [1.82, 2.24) is 29.5 Å². The average Bonchev–Trinajstić information content (AvgIpc) is 3.63. The summed E-state index contributed by atoms with van der Waals surface area (Å²) in [6, 6.07) is 27.3. The van der Waals surface area contributed by atoms with Gasteiger partial charge in [0.25, 0.3) is 0 Å². The Labute approximate surface area is 303 Å². The number of pyridine rings is 1. The second-order valence-electron chi connectivity index (χ2n) is 11.5. The number of hydrogen-bond acceptors (Lipinski definition) is 11. The molecule has 2 heterocycles. The van der Waals surface area contributed by atoms with Gasteiger partial charge in [-0.2, -0.15) is 9.10 Å². The topological polar surface area (TPSA) is 185 Å². The second kappa shape index (κ2) is 15.7. The van der Waals surface area contributed by atoms with E-state index < -0.39 is 26.0 Å². The van der Waals surface area contributed by atoms with E-state index in [2.05, 4.69) is 20.4 Å². The molecule has 2 aromatic heterocycles. The monoisotopic (exact) mass is 741 g/mol. The van der Waals surface area contributed by atoms with Gasteiger partial charge in [-0.05, 0) is 82.1 Å². The van der Waals surface area contributed by atoms with E-state index in [4.69, 9.17) is 19.9 Å². The van der Waals surface area contributed by atoms with Crippen molar-refractivity contribution in [2.75, 3.05) is 27.1 Å². The molecule has 0 aliphatic carbocycles. The Hall–Kier alpha value is -5.68. The Morgan fingerprint density at radius 2 is 1.31 bits per heavy atom. The van der Waals surface area contributed by atoms with Crippen LogP contribution in [-0.2, 0) is 40.7 Å². The molecule has 1 atom stereocenters. The van der Waals surface area contributed by atoms with Gasteiger partial charge in [-0.1, -0.05) is 42.5 Å². The summed E-state index contributed by atoms with van der Waals surface area (Å²) < 4.78 is 71.1. The third-order valence-electron chi connectivity index (χ3n) is 8.20. The molecule has 4 aromatic carbocycles. The molecule has 0 aliphatic rings. The van der Waals surface area contributed by atoms with Gasteiger partial charge in [0, 0.05) is 24.8 Å². The molecule has 0 saturated heterocycles. The molecule has 0 saturated carbocycles. The molecule has 0 bridgehead atoms. The van der Waals surface area contributed by atoms with Crippen LogP contribution in [0.2, 0.25) is 0 Å². The van der Waals surface area contributed by atoms with E-state index in [9.17, 15) is 8.76 Å². The van der Waals surface area contributed by atoms with Gasteiger partial charge in [0.2, 0.25) is 15.8 Å². The number of sulfonamides is 1. The summed E-state index contributed by atoms with van der Waals surface area (Å²) in [5, 5.41) is 13.1. The average molecular weight is 742 g/mol. The molecule has 16 heteroatoms. The summed E-state index contributed by atoms with van der Waals surface area (Å²) in [4.78, 5) is 4.71. The Kier molecular flexibility index (Phi) is 10.9. The molecule has 52 heavy (non-hydrogen) atoms. The van der Waals surface area contributed by atoms with Gasteiger partial charge < -0.3 is 24.5 Å².